The van der Waals surface area contributed by atoms with E-state index < -0.39 is 5.92 Å². The molecular formula is C16H11BrN2O2. The molecular weight excluding hydrogens is 332 g/mol. The molecule has 104 valence electrons. The minimum Gasteiger partial charge on any atom is -0.508 e. The minimum atomic E-state index is -0.678. The number of phenols is 1. The van der Waals surface area contributed by atoms with Crippen LogP contribution in [0.5, 0.6) is 11.5 Å². The molecule has 0 saturated carbocycles. The molecule has 2 N–H and O–H groups in total. The first kappa shape index (κ1) is 13.7. The highest BCUT2D eigenvalue weighted by Gasteiger charge is 2.36. The second-order valence-electron chi connectivity index (χ2n) is 4.82. The molecule has 1 aliphatic rings. The van der Waals surface area contributed by atoms with Gasteiger partial charge in [-0.15, -0.1) is 0 Å². The topological polar surface area (TPSA) is 77.1 Å². The first-order valence-electron chi connectivity index (χ1n) is 6.34. The van der Waals surface area contributed by atoms with Gasteiger partial charge in [0.1, 0.15) is 17.4 Å². The molecule has 1 heterocycles. The van der Waals surface area contributed by atoms with Crippen LogP contribution in [0.4, 0.5) is 0 Å². The zero-order valence-corrected chi connectivity index (χ0v) is 12.5. The van der Waals surface area contributed by atoms with E-state index >= 15 is 0 Å². The molecule has 4 nitrogen and oxygen atoms in total. The van der Waals surface area contributed by atoms with Crippen LogP contribution in [0.2, 0.25) is 0 Å². The van der Waals surface area contributed by atoms with Gasteiger partial charge >= 0.3 is 0 Å². The summed E-state index contributed by atoms with van der Waals surface area (Å²) in [4.78, 5) is 0. The van der Waals surface area contributed by atoms with Crippen LogP contribution in [0.25, 0.3) is 0 Å². The zero-order valence-electron chi connectivity index (χ0n) is 10.9. The van der Waals surface area contributed by atoms with Gasteiger partial charge in [-0.3, -0.25) is 5.41 Å². The van der Waals surface area contributed by atoms with Crippen molar-refractivity contribution in [1.29, 1.82) is 10.7 Å². The van der Waals surface area contributed by atoms with E-state index in [2.05, 4.69) is 22.0 Å². The van der Waals surface area contributed by atoms with Crippen molar-refractivity contribution in [3.63, 3.8) is 0 Å². The first-order valence-corrected chi connectivity index (χ1v) is 7.13. The molecule has 0 bridgehead atoms. The number of hydrogen-bond acceptors (Lipinski definition) is 4. The second kappa shape index (κ2) is 5.23. The number of hydrogen-bond donors (Lipinski definition) is 2. The molecule has 2 aromatic rings. The summed E-state index contributed by atoms with van der Waals surface area (Å²) in [6.45, 7) is 0. The summed E-state index contributed by atoms with van der Waals surface area (Å²) in [5.41, 5.74) is 1.74. The third kappa shape index (κ3) is 2.39. The molecule has 0 fully saturated rings. The Bertz CT molecular complexity index is 750. The van der Waals surface area contributed by atoms with Gasteiger partial charge in [-0.1, -0.05) is 34.1 Å². The number of ether oxygens (including phenoxy) is 1. The Morgan fingerprint density at radius 1 is 1.19 bits per heavy atom. The van der Waals surface area contributed by atoms with Crippen LogP contribution in [0.3, 0.4) is 0 Å². The first-order chi connectivity index (χ1) is 10.1. The van der Waals surface area contributed by atoms with Crippen molar-refractivity contribution >= 4 is 21.8 Å². The second-order valence-corrected chi connectivity index (χ2v) is 5.74. The van der Waals surface area contributed by atoms with Crippen LogP contribution in [-0.2, 0) is 0 Å². The summed E-state index contributed by atoms with van der Waals surface area (Å²) in [7, 11) is 0. The van der Waals surface area contributed by atoms with E-state index in [9.17, 15) is 10.4 Å². The molecule has 0 amide bonds. The van der Waals surface area contributed by atoms with E-state index in [-0.39, 0.29) is 17.6 Å². The van der Waals surface area contributed by atoms with Gasteiger partial charge in [-0.2, -0.15) is 5.26 Å². The molecule has 21 heavy (non-hydrogen) atoms. The normalized spacial score (nSPS) is 20.3. The van der Waals surface area contributed by atoms with Crippen molar-refractivity contribution in [2.75, 3.05) is 0 Å². The summed E-state index contributed by atoms with van der Waals surface area (Å²) in [6.07, 6.45) is 0. The third-order valence-corrected chi connectivity index (χ3v) is 4.06. The largest absolute Gasteiger partial charge is 0.508 e. The van der Waals surface area contributed by atoms with E-state index in [1.807, 2.05) is 24.3 Å². The zero-order chi connectivity index (χ0) is 15.0. The third-order valence-electron chi connectivity index (χ3n) is 3.54. The van der Waals surface area contributed by atoms with Crippen molar-refractivity contribution in [3.8, 4) is 17.6 Å². The maximum atomic E-state index is 9.57. The summed E-state index contributed by atoms with van der Waals surface area (Å²) in [5.74, 6) is -0.544. The molecule has 2 aromatic carbocycles. The van der Waals surface area contributed by atoms with Crippen molar-refractivity contribution in [2.45, 2.75) is 5.92 Å². The average Bonchev–Trinajstić information content (AvgIpc) is 2.46. The fourth-order valence-electron chi connectivity index (χ4n) is 2.56. The number of nitrogens with zero attached hydrogens (tertiary/aromatic N) is 1. The highest BCUT2D eigenvalue weighted by molar-refractivity contribution is 9.10. The molecule has 3 rings (SSSR count). The van der Waals surface area contributed by atoms with Gasteiger partial charge in [0.25, 0.3) is 0 Å². The van der Waals surface area contributed by atoms with Gasteiger partial charge in [-0.05, 0) is 23.8 Å². The van der Waals surface area contributed by atoms with Crippen LogP contribution < -0.4 is 4.74 Å². The van der Waals surface area contributed by atoms with Crippen LogP contribution >= 0.6 is 15.9 Å². The number of nitriles is 1. The number of rotatable bonds is 1. The monoisotopic (exact) mass is 342 g/mol. The van der Waals surface area contributed by atoms with Gasteiger partial charge in [0, 0.05) is 22.0 Å². The molecule has 2 atom stereocenters. The van der Waals surface area contributed by atoms with E-state index in [4.69, 9.17) is 10.1 Å². The number of aromatic hydroxyl groups is 1. The van der Waals surface area contributed by atoms with Crippen LogP contribution in [-0.4, -0.2) is 11.0 Å². The van der Waals surface area contributed by atoms with Gasteiger partial charge in [-0.25, -0.2) is 0 Å². The van der Waals surface area contributed by atoms with Gasteiger partial charge in [0.2, 0.25) is 5.90 Å². The number of phenolic OH excluding ortho intramolecular Hbond substituents is 1. The Morgan fingerprint density at radius 3 is 2.57 bits per heavy atom. The molecule has 5 heteroatoms. The number of nitrogens with one attached hydrogen (secondary N) is 1. The standard InChI is InChI=1S/C16H11BrN2O2/c17-10-3-1-9(2-4-10)15-12-6-5-11(20)7-14(12)21-16(19)13(15)8-18/h1-7,13,15,19-20H. The quantitative estimate of drug-likeness (QED) is 0.827. The van der Waals surface area contributed by atoms with Crippen molar-refractivity contribution in [1.82, 2.24) is 0 Å². The number of fused-ring (bicyclic) bond motifs is 1. The fourth-order valence-corrected chi connectivity index (χ4v) is 2.82. The molecule has 1 aliphatic heterocycles. The lowest BCUT2D eigenvalue weighted by Crippen LogP contribution is -2.30. The predicted molar refractivity (Wildman–Crippen MR) is 81.5 cm³/mol. The maximum Gasteiger partial charge on any atom is 0.205 e. The van der Waals surface area contributed by atoms with Gasteiger partial charge in [0.05, 0.1) is 6.07 Å². The van der Waals surface area contributed by atoms with Crippen molar-refractivity contribution in [3.05, 3.63) is 58.1 Å². The highest BCUT2D eigenvalue weighted by Crippen LogP contribution is 2.43. The van der Waals surface area contributed by atoms with Crippen molar-refractivity contribution in [2.24, 2.45) is 5.92 Å². The van der Waals surface area contributed by atoms with E-state index in [1.54, 1.807) is 12.1 Å². The summed E-state index contributed by atoms with van der Waals surface area (Å²) >= 11 is 3.39. The highest BCUT2D eigenvalue weighted by atomic mass is 79.9. The van der Waals surface area contributed by atoms with E-state index in [0.717, 1.165) is 15.6 Å². The Kier molecular flexibility index (Phi) is 3.40. The average molecular weight is 343 g/mol. The van der Waals surface area contributed by atoms with Crippen LogP contribution in [0.1, 0.15) is 17.0 Å². The number of benzene rings is 2. The number of halogens is 1. The summed E-state index contributed by atoms with van der Waals surface area (Å²) in [5, 5.41) is 26.9. The van der Waals surface area contributed by atoms with E-state index in [1.165, 1.54) is 6.07 Å². The SMILES string of the molecule is N#CC1C(=N)Oc2cc(O)ccc2C1c1ccc(Br)cc1. The Hall–Kier alpha value is -2.32. The molecule has 0 saturated heterocycles. The van der Waals surface area contributed by atoms with Crippen molar-refractivity contribution < 1.29 is 9.84 Å². The fraction of sp³-hybridized carbons (Fsp3) is 0.125. The van der Waals surface area contributed by atoms with Gasteiger partial charge < -0.3 is 9.84 Å². The Morgan fingerprint density at radius 2 is 1.90 bits per heavy atom. The summed E-state index contributed by atoms with van der Waals surface area (Å²) < 4.78 is 6.33. The smallest absolute Gasteiger partial charge is 0.205 e. The van der Waals surface area contributed by atoms with Crippen LogP contribution in [0.15, 0.2) is 46.9 Å². The molecule has 0 aliphatic carbocycles. The van der Waals surface area contributed by atoms with E-state index in [0.29, 0.717) is 5.75 Å². The Labute approximate surface area is 130 Å². The van der Waals surface area contributed by atoms with Crippen LogP contribution in [0, 0.1) is 22.7 Å². The van der Waals surface area contributed by atoms with Gasteiger partial charge in [0.15, 0.2) is 0 Å². The maximum absolute atomic E-state index is 9.57. The predicted octanol–water partition coefficient (Wildman–Crippen LogP) is 3.80. The Balaban J connectivity index is 2.18. The molecule has 0 radical (unpaired) electrons. The lowest BCUT2D eigenvalue weighted by atomic mass is 9.79. The summed E-state index contributed by atoms with van der Waals surface area (Å²) in [6, 6.07) is 14.6. The minimum absolute atomic E-state index is 0.0755. The lowest BCUT2D eigenvalue weighted by molar-refractivity contribution is 0.436. The molecule has 2 unspecified atom stereocenters. The lowest BCUT2D eigenvalue weighted by Gasteiger charge is -2.30. The molecule has 0 spiro atoms. The molecule has 0 aromatic heterocycles.